The molecule has 138 valence electrons. The molecule has 0 bridgehead atoms. The van der Waals surface area contributed by atoms with Gasteiger partial charge in [-0.25, -0.2) is 0 Å². The van der Waals surface area contributed by atoms with E-state index in [9.17, 15) is 15.0 Å². The maximum Gasteiger partial charge on any atom is 0.264 e. The number of hydrogen-bond acceptors (Lipinski definition) is 6. The van der Waals surface area contributed by atoms with Gasteiger partial charge in [0.15, 0.2) is 0 Å². The number of nitrogens with zero attached hydrogens (tertiary/aromatic N) is 2. The van der Waals surface area contributed by atoms with Crippen molar-refractivity contribution in [2.45, 2.75) is 43.5 Å². The summed E-state index contributed by atoms with van der Waals surface area (Å²) in [6, 6.07) is 2.03. The lowest BCUT2D eigenvalue weighted by atomic mass is 9.82. The van der Waals surface area contributed by atoms with E-state index in [4.69, 9.17) is 4.74 Å². The van der Waals surface area contributed by atoms with Crippen LogP contribution in [-0.2, 0) is 16.8 Å². The number of likely N-dealkylation sites (tertiary alicyclic amines) is 2. The number of fused-ring (bicyclic) bond motifs is 2. The highest BCUT2D eigenvalue weighted by Gasteiger charge is 2.42. The Morgan fingerprint density at radius 2 is 2.04 bits per heavy atom. The summed E-state index contributed by atoms with van der Waals surface area (Å²) in [5.74, 6) is -0.0339. The predicted octanol–water partition coefficient (Wildman–Crippen LogP) is 0.809. The third-order valence-electron chi connectivity index (χ3n) is 5.85. The molecule has 0 radical (unpaired) electrons. The van der Waals surface area contributed by atoms with Crippen LogP contribution in [0.2, 0.25) is 0 Å². The van der Waals surface area contributed by atoms with E-state index >= 15 is 0 Å². The number of β-amino-alcohol motifs (C(OH)–C–C–N with tert-alkyl or cyclic N) is 1. The molecular formula is C18H26N2O4S. The smallest absolute Gasteiger partial charge is 0.264 e. The quantitative estimate of drug-likeness (QED) is 0.770. The molecule has 4 rings (SSSR count). The van der Waals surface area contributed by atoms with Crippen molar-refractivity contribution in [1.29, 1.82) is 0 Å². The third-order valence-corrected chi connectivity index (χ3v) is 7.03. The van der Waals surface area contributed by atoms with Crippen molar-refractivity contribution < 1.29 is 19.7 Å². The molecule has 2 atom stereocenters. The van der Waals surface area contributed by atoms with E-state index in [1.54, 1.807) is 16.2 Å². The Balaban J connectivity index is 1.57. The summed E-state index contributed by atoms with van der Waals surface area (Å²) in [5.41, 5.74) is 0.977. The highest BCUT2D eigenvalue weighted by Crippen LogP contribution is 2.44. The topological polar surface area (TPSA) is 73.2 Å². The minimum atomic E-state index is -0.851. The Morgan fingerprint density at radius 1 is 1.28 bits per heavy atom. The Morgan fingerprint density at radius 3 is 2.76 bits per heavy atom. The van der Waals surface area contributed by atoms with E-state index in [0.717, 1.165) is 43.8 Å². The standard InChI is InChI=1S/C18H26N2O4S/c1-19-7-4-18(5-8-19)12-10-16(25-15(12)3-9-24-18)17(23)20-6-2-13(21)14(22)11-20/h10,13-14,21-22H,2-9,11H2,1H3/t13-,14+/m0/s1. The number of carbonyl (C=O) groups excluding carboxylic acids is 1. The highest BCUT2D eigenvalue weighted by atomic mass is 32.1. The van der Waals surface area contributed by atoms with E-state index in [-0.39, 0.29) is 18.1 Å². The van der Waals surface area contributed by atoms with Crippen LogP contribution in [-0.4, -0.2) is 78.0 Å². The summed E-state index contributed by atoms with van der Waals surface area (Å²) in [6.07, 6.45) is 1.65. The van der Waals surface area contributed by atoms with Crippen LogP contribution in [0.3, 0.4) is 0 Å². The molecule has 1 spiro atoms. The molecule has 2 N–H and O–H groups in total. The summed E-state index contributed by atoms with van der Waals surface area (Å²) in [7, 11) is 2.13. The minimum Gasteiger partial charge on any atom is -0.390 e. The Labute approximate surface area is 152 Å². The van der Waals surface area contributed by atoms with E-state index in [0.29, 0.717) is 13.0 Å². The van der Waals surface area contributed by atoms with Crippen LogP contribution in [0.4, 0.5) is 0 Å². The number of piperidine rings is 2. The van der Waals surface area contributed by atoms with Gasteiger partial charge in [0.2, 0.25) is 0 Å². The SMILES string of the molecule is CN1CCC2(CC1)OCCc1sc(C(=O)N3CC[C@H](O)[C@H](O)C3)cc12. The molecule has 0 saturated carbocycles. The Kier molecular flexibility index (Phi) is 4.62. The number of carbonyl (C=O) groups is 1. The van der Waals surface area contributed by atoms with Gasteiger partial charge in [-0.1, -0.05) is 0 Å². The van der Waals surface area contributed by atoms with Crippen molar-refractivity contribution in [1.82, 2.24) is 9.80 Å². The van der Waals surface area contributed by atoms with Crippen LogP contribution in [0.25, 0.3) is 0 Å². The maximum absolute atomic E-state index is 12.9. The molecule has 6 nitrogen and oxygen atoms in total. The lowest BCUT2D eigenvalue weighted by Crippen LogP contribution is -2.48. The van der Waals surface area contributed by atoms with Gasteiger partial charge in [0.1, 0.15) is 0 Å². The first kappa shape index (κ1) is 17.4. The number of thiophene rings is 1. The molecule has 0 aliphatic carbocycles. The average Bonchev–Trinajstić information content (AvgIpc) is 3.05. The molecule has 0 unspecified atom stereocenters. The van der Waals surface area contributed by atoms with E-state index in [1.807, 2.05) is 6.07 Å². The van der Waals surface area contributed by atoms with Crippen molar-refractivity contribution in [2.24, 2.45) is 0 Å². The van der Waals surface area contributed by atoms with Crippen molar-refractivity contribution in [3.05, 3.63) is 21.4 Å². The first-order chi connectivity index (χ1) is 12.0. The number of aliphatic hydroxyl groups excluding tert-OH is 2. The minimum absolute atomic E-state index is 0.0339. The van der Waals surface area contributed by atoms with Crippen LogP contribution in [0.1, 0.15) is 39.4 Å². The van der Waals surface area contributed by atoms with Crippen molar-refractivity contribution in [2.75, 3.05) is 39.8 Å². The van der Waals surface area contributed by atoms with Crippen LogP contribution >= 0.6 is 11.3 Å². The van der Waals surface area contributed by atoms with Gasteiger partial charge in [0, 0.05) is 37.5 Å². The van der Waals surface area contributed by atoms with E-state index in [1.165, 1.54) is 10.4 Å². The zero-order valence-electron chi connectivity index (χ0n) is 14.6. The predicted molar refractivity (Wildman–Crippen MR) is 94.9 cm³/mol. The second-order valence-electron chi connectivity index (χ2n) is 7.52. The number of rotatable bonds is 1. The third kappa shape index (κ3) is 3.13. The fourth-order valence-corrected chi connectivity index (χ4v) is 5.37. The lowest BCUT2D eigenvalue weighted by molar-refractivity contribution is -0.0942. The fourth-order valence-electron chi connectivity index (χ4n) is 4.18. The van der Waals surface area contributed by atoms with Gasteiger partial charge in [-0.15, -0.1) is 11.3 Å². The summed E-state index contributed by atoms with van der Waals surface area (Å²) in [4.78, 5) is 18.9. The second kappa shape index (κ2) is 6.63. The zero-order chi connectivity index (χ0) is 17.6. The molecule has 1 amide bonds. The molecule has 3 aliphatic heterocycles. The Hall–Kier alpha value is -0.990. The number of aliphatic hydroxyl groups is 2. The Bertz CT molecular complexity index is 654. The average molecular weight is 366 g/mol. The molecule has 3 aliphatic rings. The summed E-state index contributed by atoms with van der Waals surface area (Å²) in [6.45, 7) is 3.43. The van der Waals surface area contributed by atoms with Crippen molar-refractivity contribution in [3.63, 3.8) is 0 Å². The van der Waals surface area contributed by atoms with Crippen LogP contribution in [0.15, 0.2) is 6.07 Å². The fraction of sp³-hybridized carbons (Fsp3) is 0.722. The molecule has 1 aromatic heterocycles. The maximum atomic E-state index is 12.9. The summed E-state index contributed by atoms with van der Waals surface area (Å²) < 4.78 is 6.23. The molecular weight excluding hydrogens is 340 g/mol. The van der Waals surface area contributed by atoms with Gasteiger partial charge in [-0.2, -0.15) is 0 Å². The van der Waals surface area contributed by atoms with Crippen LogP contribution in [0.5, 0.6) is 0 Å². The van der Waals surface area contributed by atoms with Gasteiger partial charge in [0.25, 0.3) is 5.91 Å². The molecule has 0 aromatic carbocycles. The second-order valence-corrected chi connectivity index (χ2v) is 8.65. The molecule has 25 heavy (non-hydrogen) atoms. The van der Waals surface area contributed by atoms with E-state index < -0.39 is 12.2 Å². The molecule has 2 fully saturated rings. The highest BCUT2D eigenvalue weighted by molar-refractivity contribution is 7.14. The molecule has 2 saturated heterocycles. The van der Waals surface area contributed by atoms with Crippen molar-refractivity contribution in [3.8, 4) is 0 Å². The first-order valence-corrected chi connectivity index (χ1v) is 9.91. The first-order valence-electron chi connectivity index (χ1n) is 9.10. The van der Waals surface area contributed by atoms with E-state index in [2.05, 4.69) is 11.9 Å². The number of amides is 1. The van der Waals surface area contributed by atoms with Crippen molar-refractivity contribution >= 4 is 17.2 Å². The van der Waals surface area contributed by atoms with Crippen LogP contribution < -0.4 is 0 Å². The number of ether oxygens (including phenoxy) is 1. The van der Waals surface area contributed by atoms with Gasteiger partial charge in [-0.05, 0) is 37.9 Å². The summed E-state index contributed by atoms with van der Waals surface area (Å²) in [5, 5.41) is 19.5. The van der Waals surface area contributed by atoms with Gasteiger partial charge in [0.05, 0.1) is 29.3 Å². The lowest BCUT2D eigenvalue weighted by Gasteiger charge is -2.43. The van der Waals surface area contributed by atoms with Gasteiger partial charge in [-0.3, -0.25) is 4.79 Å². The summed E-state index contributed by atoms with van der Waals surface area (Å²) >= 11 is 1.58. The monoisotopic (exact) mass is 366 g/mol. The normalized spacial score (nSPS) is 29.6. The van der Waals surface area contributed by atoms with Crippen LogP contribution in [0, 0.1) is 0 Å². The number of hydrogen-bond donors (Lipinski definition) is 2. The van der Waals surface area contributed by atoms with Gasteiger partial charge >= 0.3 is 0 Å². The zero-order valence-corrected chi connectivity index (χ0v) is 15.4. The van der Waals surface area contributed by atoms with Gasteiger partial charge < -0.3 is 24.7 Å². The molecule has 7 heteroatoms. The molecule has 1 aromatic rings. The largest absolute Gasteiger partial charge is 0.390 e. The molecule has 4 heterocycles.